The summed E-state index contributed by atoms with van der Waals surface area (Å²) in [6, 6.07) is 10.8. The van der Waals surface area contributed by atoms with Crippen LogP contribution in [-0.2, 0) is 0 Å². The molecule has 1 aromatic heterocycles. The maximum absolute atomic E-state index is 10.7. The van der Waals surface area contributed by atoms with E-state index in [1.807, 2.05) is 24.3 Å². The van der Waals surface area contributed by atoms with Gasteiger partial charge >= 0.3 is 0 Å². The highest BCUT2D eigenvalue weighted by Crippen LogP contribution is 2.18. The van der Waals surface area contributed by atoms with E-state index in [1.165, 1.54) is 12.3 Å². The van der Waals surface area contributed by atoms with E-state index in [1.54, 1.807) is 13.2 Å². The van der Waals surface area contributed by atoms with E-state index in [0.717, 1.165) is 50.0 Å². The smallest absolute Gasteiger partial charge is 0.287 e. The maximum atomic E-state index is 10.7. The molecule has 2 heterocycles. The molecule has 1 aliphatic rings. The molecule has 0 saturated carbocycles. The van der Waals surface area contributed by atoms with Crippen LogP contribution in [0.4, 0.5) is 11.5 Å². The molecular formula is C18H22N4O4. The van der Waals surface area contributed by atoms with Crippen molar-refractivity contribution in [2.24, 2.45) is 0 Å². The molecule has 2 aromatic rings. The lowest BCUT2D eigenvalue weighted by Crippen LogP contribution is -2.47. The highest BCUT2D eigenvalue weighted by Gasteiger charge is 2.18. The second-order valence-electron chi connectivity index (χ2n) is 5.98. The molecule has 0 atom stereocenters. The van der Waals surface area contributed by atoms with Crippen molar-refractivity contribution in [3.63, 3.8) is 0 Å². The number of piperazine rings is 1. The third kappa shape index (κ3) is 4.60. The number of nitrogens with zero attached hydrogens (tertiary/aromatic N) is 4. The summed E-state index contributed by atoms with van der Waals surface area (Å²) in [7, 11) is 1.64. The standard InChI is InChI=1S/C18H22N4O4/c1-25-16-3-5-17(6-4-16)26-13-12-20-8-10-21(11-9-20)18-7-2-15(14-19-18)22(23)24/h2-7,14H,8-13H2,1H3. The van der Waals surface area contributed by atoms with Crippen molar-refractivity contribution in [3.8, 4) is 11.5 Å². The van der Waals surface area contributed by atoms with Gasteiger partial charge in [0, 0.05) is 38.8 Å². The molecule has 1 aromatic carbocycles. The van der Waals surface area contributed by atoms with Crippen LogP contribution in [0.25, 0.3) is 0 Å². The van der Waals surface area contributed by atoms with Crippen LogP contribution in [0.3, 0.4) is 0 Å². The van der Waals surface area contributed by atoms with E-state index in [0.29, 0.717) is 6.61 Å². The van der Waals surface area contributed by atoms with Crippen LogP contribution in [0.5, 0.6) is 11.5 Å². The van der Waals surface area contributed by atoms with E-state index in [9.17, 15) is 10.1 Å². The van der Waals surface area contributed by atoms with Crippen LogP contribution in [0.15, 0.2) is 42.6 Å². The number of hydrogen-bond acceptors (Lipinski definition) is 7. The molecule has 1 saturated heterocycles. The fourth-order valence-corrected chi connectivity index (χ4v) is 2.84. The predicted octanol–water partition coefficient (Wildman–Crippen LogP) is 2.20. The minimum atomic E-state index is -0.433. The van der Waals surface area contributed by atoms with Crippen LogP contribution in [-0.4, -0.2) is 61.2 Å². The number of anilines is 1. The van der Waals surface area contributed by atoms with Gasteiger partial charge in [-0.3, -0.25) is 15.0 Å². The monoisotopic (exact) mass is 358 g/mol. The summed E-state index contributed by atoms with van der Waals surface area (Å²) in [4.78, 5) is 18.9. The molecule has 0 spiro atoms. The van der Waals surface area contributed by atoms with Gasteiger partial charge in [0.05, 0.1) is 12.0 Å². The van der Waals surface area contributed by atoms with E-state index < -0.39 is 4.92 Å². The molecule has 8 nitrogen and oxygen atoms in total. The lowest BCUT2D eigenvalue weighted by atomic mass is 10.3. The first-order chi connectivity index (χ1) is 12.7. The van der Waals surface area contributed by atoms with Crippen molar-refractivity contribution < 1.29 is 14.4 Å². The van der Waals surface area contributed by atoms with Gasteiger partial charge in [-0.15, -0.1) is 0 Å². The molecule has 0 amide bonds. The van der Waals surface area contributed by atoms with Crippen LogP contribution < -0.4 is 14.4 Å². The zero-order valence-electron chi connectivity index (χ0n) is 14.7. The number of hydrogen-bond donors (Lipinski definition) is 0. The molecule has 3 rings (SSSR count). The number of aromatic nitrogens is 1. The van der Waals surface area contributed by atoms with Gasteiger partial charge in [0.1, 0.15) is 30.1 Å². The van der Waals surface area contributed by atoms with Gasteiger partial charge in [-0.25, -0.2) is 4.98 Å². The number of benzene rings is 1. The number of methoxy groups -OCH3 is 1. The van der Waals surface area contributed by atoms with Crippen LogP contribution in [0.1, 0.15) is 0 Å². The Morgan fingerprint density at radius 3 is 2.35 bits per heavy atom. The van der Waals surface area contributed by atoms with E-state index in [4.69, 9.17) is 9.47 Å². The Labute approximate surface area is 152 Å². The van der Waals surface area contributed by atoms with Crippen LogP contribution in [0, 0.1) is 10.1 Å². The molecule has 0 bridgehead atoms. The molecule has 138 valence electrons. The van der Waals surface area contributed by atoms with Crippen LogP contribution >= 0.6 is 0 Å². The normalized spacial score (nSPS) is 14.9. The zero-order valence-corrected chi connectivity index (χ0v) is 14.7. The average Bonchev–Trinajstić information content (AvgIpc) is 2.69. The summed E-state index contributed by atoms with van der Waals surface area (Å²) in [5, 5.41) is 10.7. The Morgan fingerprint density at radius 2 is 1.77 bits per heavy atom. The molecule has 8 heteroatoms. The van der Waals surface area contributed by atoms with Gasteiger partial charge in [0.2, 0.25) is 0 Å². The molecular weight excluding hydrogens is 336 g/mol. The summed E-state index contributed by atoms with van der Waals surface area (Å²) in [6.45, 7) is 4.98. The van der Waals surface area contributed by atoms with Gasteiger partial charge in [-0.1, -0.05) is 0 Å². The Morgan fingerprint density at radius 1 is 1.08 bits per heavy atom. The molecule has 26 heavy (non-hydrogen) atoms. The van der Waals surface area contributed by atoms with Crippen molar-refractivity contribution in [2.45, 2.75) is 0 Å². The Bertz CT molecular complexity index is 713. The first kappa shape index (κ1) is 17.9. The number of pyridine rings is 1. The Hall–Kier alpha value is -2.87. The average molecular weight is 358 g/mol. The van der Waals surface area contributed by atoms with Crippen molar-refractivity contribution in [2.75, 3.05) is 51.3 Å². The minimum Gasteiger partial charge on any atom is -0.497 e. The van der Waals surface area contributed by atoms with Gasteiger partial charge in [-0.2, -0.15) is 0 Å². The topological polar surface area (TPSA) is 81.0 Å². The molecule has 0 N–H and O–H groups in total. The van der Waals surface area contributed by atoms with Gasteiger partial charge < -0.3 is 14.4 Å². The minimum absolute atomic E-state index is 0.0167. The third-order valence-electron chi connectivity index (χ3n) is 4.38. The molecule has 1 aliphatic heterocycles. The summed E-state index contributed by atoms with van der Waals surface area (Å²) in [5.74, 6) is 2.43. The summed E-state index contributed by atoms with van der Waals surface area (Å²) >= 11 is 0. The van der Waals surface area contributed by atoms with E-state index >= 15 is 0 Å². The zero-order chi connectivity index (χ0) is 18.4. The molecule has 0 radical (unpaired) electrons. The van der Waals surface area contributed by atoms with Crippen molar-refractivity contribution >= 4 is 11.5 Å². The SMILES string of the molecule is COc1ccc(OCCN2CCN(c3ccc([N+](=O)[O-])cn3)CC2)cc1. The first-order valence-corrected chi connectivity index (χ1v) is 8.50. The maximum Gasteiger partial charge on any atom is 0.287 e. The van der Waals surface area contributed by atoms with Crippen molar-refractivity contribution in [3.05, 3.63) is 52.7 Å². The van der Waals surface area contributed by atoms with Crippen molar-refractivity contribution in [1.82, 2.24) is 9.88 Å². The molecule has 1 fully saturated rings. The second kappa shape index (κ2) is 8.48. The number of nitro groups is 1. The van der Waals surface area contributed by atoms with Gasteiger partial charge in [-0.05, 0) is 30.3 Å². The highest BCUT2D eigenvalue weighted by molar-refractivity contribution is 5.43. The predicted molar refractivity (Wildman–Crippen MR) is 98.0 cm³/mol. The molecule has 0 unspecified atom stereocenters. The fraction of sp³-hybridized carbons (Fsp3) is 0.389. The van der Waals surface area contributed by atoms with E-state index in [2.05, 4.69) is 14.8 Å². The Balaban J connectivity index is 1.41. The lowest BCUT2D eigenvalue weighted by molar-refractivity contribution is -0.385. The number of ether oxygens (including phenoxy) is 2. The second-order valence-corrected chi connectivity index (χ2v) is 5.98. The van der Waals surface area contributed by atoms with Gasteiger partial charge in [0.25, 0.3) is 5.69 Å². The third-order valence-corrected chi connectivity index (χ3v) is 4.38. The first-order valence-electron chi connectivity index (χ1n) is 8.50. The quantitative estimate of drug-likeness (QED) is 0.554. The van der Waals surface area contributed by atoms with Crippen LogP contribution in [0.2, 0.25) is 0 Å². The number of rotatable bonds is 7. The summed E-state index contributed by atoms with van der Waals surface area (Å²) in [6.07, 6.45) is 1.31. The summed E-state index contributed by atoms with van der Waals surface area (Å²) in [5.41, 5.74) is 0.0167. The lowest BCUT2D eigenvalue weighted by Gasteiger charge is -2.35. The summed E-state index contributed by atoms with van der Waals surface area (Å²) < 4.78 is 10.9. The van der Waals surface area contributed by atoms with E-state index in [-0.39, 0.29) is 5.69 Å². The fourth-order valence-electron chi connectivity index (χ4n) is 2.84. The van der Waals surface area contributed by atoms with Gasteiger partial charge in [0.15, 0.2) is 0 Å². The largest absolute Gasteiger partial charge is 0.497 e. The molecule has 0 aliphatic carbocycles. The van der Waals surface area contributed by atoms with Crippen molar-refractivity contribution in [1.29, 1.82) is 0 Å². The highest BCUT2D eigenvalue weighted by atomic mass is 16.6. The Kier molecular flexibility index (Phi) is 5.85.